The van der Waals surface area contributed by atoms with Crippen molar-refractivity contribution in [1.82, 2.24) is 0 Å². The summed E-state index contributed by atoms with van der Waals surface area (Å²) in [5.41, 5.74) is 4.19. The van der Waals surface area contributed by atoms with E-state index in [0.29, 0.717) is 23.3 Å². The molecule has 0 bridgehead atoms. The van der Waals surface area contributed by atoms with Crippen LogP contribution in [-0.4, -0.2) is 10.2 Å². The van der Waals surface area contributed by atoms with Crippen molar-refractivity contribution in [2.24, 2.45) is 0 Å². The molecule has 2 aliphatic rings. The van der Waals surface area contributed by atoms with Crippen molar-refractivity contribution in [2.75, 3.05) is 0 Å². The van der Waals surface area contributed by atoms with Crippen molar-refractivity contribution < 1.29 is 10.2 Å². The molecule has 2 saturated carbocycles. The van der Waals surface area contributed by atoms with Gasteiger partial charge < -0.3 is 10.2 Å². The second-order valence-corrected chi connectivity index (χ2v) is 9.20. The first-order chi connectivity index (χ1) is 14.2. The van der Waals surface area contributed by atoms with E-state index in [0.717, 1.165) is 28.7 Å². The van der Waals surface area contributed by atoms with Gasteiger partial charge in [-0.2, -0.15) is 0 Å². The molecule has 0 spiro atoms. The summed E-state index contributed by atoms with van der Waals surface area (Å²) in [6.07, 6.45) is 13.2. The summed E-state index contributed by atoms with van der Waals surface area (Å²) in [5.74, 6) is 1.91. The van der Waals surface area contributed by atoms with Crippen LogP contribution in [0.3, 0.4) is 0 Å². The Morgan fingerprint density at radius 2 is 1.10 bits per heavy atom. The van der Waals surface area contributed by atoms with Gasteiger partial charge in [0.15, 0.2) is 0 Å². The number of hydrogen-bond acceptors (Lipinski definition) is 2. The van der Waals surface area contributed by atoms with Crippen molar-refractivity contribution >= 4 is 0 Å². The molecular weight excluding hydrogens is 356 g/mol. The molecule has 2 aromatic carbocycles. The van der Waals surface area contributed by atoms with Gasteiger partial charge in [0.05, 0.1) is 0 Å². The van der Waals surface area contributed by atoms with E-state index >= 15 is 0 Å². The molecule has 0 heterocycles. The van der Waals surface area contributed by atoms with Gasteiger partial charge in [-0.1, -0.05) is 81.8 Å². The van der Waals surface area contributed by atoms with Crippen LogP contribution >= 0.6 is 0 Å². The van der Waals surface area contributed by atoms with Gasteiger partial charge in [0.2, 0.25) is 0 Å². The van der Waals surface area contributed by atoms with Gasteiger partial charge in [0.25, 0.3) is 0 Å². The average Bonchev–Trinajstić information content (AvgIpc) is 2.77. The Balaban J connectivity index is 1.69. The maximum Gasteiger partial charge on any atom is 0.122 e. The van der Waals surface area contributed by atoms with Gasteiger partial charge in [0, 0.05) is 17.0 Å². The average molecular weight is 393 g/mol. The van der Waals surface area contributed by atoms with E-state index in [1.54, 1.807) is 0 Å². The number of rotatable bonds is 5. The Bertz CT molecular complexity index is 746. The van der Waals surface area contributed by atoms with Crippen LogP contribution in [0.5, 0.6) is 11.5 Å². The van der Waals surface area contributed by atoms with Crippen molar-refractivity contribution in [3.05, 3.63) is 58.7 Å². The van der Waals surface area contributed by atoms with Gasteiger partial charge in [-0.25, -0.2) is 0 Å². The topological polar surface area (TPSA) is 40.5 Å². The maximum atomic E-state index is 11.2. The van der Waals surface area contributed by atoms with E-state index in [1.807, 2.05) is 0 Å². The van der Waals surface area contributed by atoms with E-state index < -0.39 is 0 Å². The second kappa shape index (κ2) is 9.24. The lowest BCUT2D eigenvalue weighted by Gasteiger charge is -2.27. The normalized spacial score (nSPS) is 19.0. The number of phenolic OH excluding ortho intramolecular Hbond substituents is 2. The molecule has 0 radical (unpaired) electrons. The molecule has 0 atom stereocenters. The highest BCUT2D eigenvalue weighted by Crippen LogP contribution is 2.46. The minimum absolute atomic E-state index is 0.0297. The number of hydrogen-bond donors (Lipinski definition) is 2. The molecule has 2 nitrogen and oxygen atoms in total. The van der Waals surface area contributed by atoms with Crippen LogP contribution in [0, 0.1) is 0 Å². The third kappa shape index (κ3) is 4.17. The van der Waals surface area contributed by atoms with Crippen LogP contribution in [0.1, 0.15) is 118 Å². The molecule has 0 aliphatic heterocycles. The maximum absolute atomic E-state index is 11.2. The van der Waals surface area contributed by atoms with Gasteiger partial charge in [-0.05, 0) is 55.1 Å². The highest BCUT2D eigenvalue weighted by atomic mass is 16.3. The fourth-order valence-electron chi connectivity index (χ4n) is 5.82. The molecule has 0 amide bonds. The van der Waals surface area contributed by atoms with Crippen LogP contribution in [0.15, 0.2) is 36.4 Å². The Labute approximate surface area is 176 Å². The molecule has 156 valence electrons. The van der Waals surface area contributed by atoms with Crippen LogP contribution in [0.25, 0.3) is 0 Å². The van der Waals surface area contributed by atoms with Crippen LogP contribution in [0.4, 0.5) is 0 Å². The van der Waals surface area contributed by atoms with E-state index in [9.17, 15) is 10.2 Å². The minimum Gasteiger partial charge on any atom is -0.507 e. The third-order valence-electron chi connectivity index (χ3n) is 7.45. The smallest absolute Gasteiger partial charge is 0.122 e. The number of aromatic hydroxyl groups is 2. The number of para-hydroxylation sites is 2. The summed E-state index contributed by atoms with van der Waals surface area (Å²) < 4.78 is 0. The monoisotopic (exact) mass is 392 g/mol. The highest BCUT2D eigenvalue weighted by molar-refractivity contribution is 5.52. The predicted molar refractivity (Wildman–Crippen MR) is 120 cm³/mol. The molecule has 2 aromatic rings. The SMILES string of the molecule is CCC(c1cccc(C2CCCCC2)c1O)c1cccc(C2CCCCC2)c1O. The molecular formula is C27H36O2. The Hall–Kier alpha value is -1.96. The van der Waals surface area contributed by atoms with Crippen molar-refractivity contribution in [3.63, 3.8) is 0 Å². The fraction of sp³-hybridized carbons (Fsp3) is 0.556. The van der Waals surface area contributed by atoms with Gasteiger partial charge >= 0.3 is 0 Å². The zero-order valence-corrected chi connectivity index (χ0v) is 17.9. The van der Waals surface area contributed by atoms with E-state index in [1.165, 1.54) is 64.2 Å². The van der Waals surface area contributed by atoms with Crippen molar-refractivity contribution in [2.45, 2.75) is 95.3 Å². The zero-order valence-electron chi connectivity index (χ0n) is 17.9. The third-order valence-corrected chi connectivity index (χ3v) is 7.45. The van der Waals surface area contributed by atoms with Gasteiger partial charge in [-0.15, -0.1) is 0 Å². The molecule has 29 heavy (non-hydrogen) atoms. The lowest BCUT2D eigenvalue weighted by Crippen LogP contribution is -2.09. The summed E-state index contributed by atoms with van der Waals surface area (Å²) in [6, 6.07) is 12.5. The van der Waals surface area contributed by atoms with E-state index in [-0.39, 0.29) is 5.92 Å². The molecule has 0 unspecified atom stereocenters. The minimum atomic E-state index is 0.0297. The Kier molecular flexibility index (Phi) is 6.47. The lowest BCUT2D eigenvalue weighted by molar-refractivity contribution is 0.404. The van der Waals surface area contributed by atoms with Crippen molar-refractivity contribution in [1.29, 1.82) is 0 Å². The highest BCUT2D eigenvalue weighted by Gasteiger charge is 2.27. The quantitative estimate of drug-likeness (QED) is 0.546. The zero-order chi connectivity index (χ0) is 20.2. The molecule has 2 N–H and O–H groups in total. The number of benzene rings is 2. The van der Waals surface area contributed by atoms with Gasteiger partial charge in [-0.3, -0.25) is 0 Å². The number of phenols is 2. The summed E-state index contributed by atoms with van der Waals surface area (Å²) in [4.78, 5) is 0. The summed E-state index contributed by atoms with van der Waals surface area (Å²) >= 11 is 0. The Morgan fingerprint density at radius 3 is 1.48 bits per heavy atom. The molecule has 4 rings (SSSR count). The lowest BCUT2D eigenvalue weighted by atomic mass is 9.78. The first-order valence-corrected chi connectivity index (χ1v) is 11.8. The summed E-state index contributed by atoms with van der Waals surface area (Å²) in [5, 5.41) is 22.5. The molecule has 2 aliphatic carbocycles. The molecule has 2 heteroatoms. The second-order valence-electron chi connectivity index (χ2n) is 9.20. The van der Waals surface area contributed by atoms with Crippen LogP contribution < -0.4 is 0 Å². The van der Waals surface area contributed by atoms with Crippen molar-refractivity contribution in [3.8, 4) is 11.5 Å². The standard InChI is InChI=1S/C27H36O2/c1-2-21(24-17-9-15-22(26(24)28)19-11-5-3-6-12-19)25-18-10-16-23(27(25)29)20-13-7-4-8-14-20/h9-10,15-21,28-29H,2-8,11-14H2,1H3. The van der Waals surface area contributed by atoms with Crippen LogP contribution in [-0.2, 0) is 0 Å². The first-order valence-electron chi connectivity index (χ1n) is 11.8. The molecule has 2 fully saturated rings. The van der Waals surface area contributed by atoms with E-state index in [4.69, 9.17) is 0 Å². The molecule has 0 aromatic heterocycles. The first kappa shape index (κ1) is 20.3. The fourth-order valence-corrected chi connectivity index (χ4v) is 5.82. The summed E-state index contributed by atoms with van der Waals surface area (Å²) in [6.45, 7) is 2.16. The largest absolute Gasteiger partial charge is 0.507 e. The predicted octanol–water partition coefficient (Wildman–Crippen LogP) is 7.74. The Morgan fingerprint density at radius 1 is 0.690 bits per heavy atom. The molecule has 0 saturated heterocycles. The summed E-state index contributed by atoms with van der Waals surface area (Å²) in [7, 11) is 0. The van der Waals surface area contributed by atoms with E-state index in [2.05, 4.69) is 43.3 Å². The van der Waals surface area contributed by atoms with Crippen LogP contribution in [0.2, 0.25) is 0 Å². The van der Waals surface area contributed by atoms with Gasteiger partial charge in [0.1, 0.15) is 11.5 Å².